The second-order valence-electron chi connectivity index (χ2n) is 6.80. The third-order valence-electron chi connectivity index (χ3n) is 5.49. The van der Waals surface area contributed by atoms with Crippen LogP contribution in [0.4, 0.5) is 0 Å². The fraction of sp³-hybridized carbons (Fsp3) is 0.889. The van der Waals surface area contributed by atoms with Gasteiger partial charge in [0.1, 0.15) is 0 Å². The first-order chi connectivity index (χ1) is 9.35. The van der Waals surface area contributed by atoms with Crippen LogP contribution in [0.25, 0.3) is 0 Å². The van der Waals surface area contributed by atoms with E-state index in [1.165, 1.54) is 70.8 Å². The van der Waals surface area contributed by atoms with Crippen molar-refractivity contribution in [3.8, 4) is 0 Å². The highest BCUT2D eigenvalue weighted by Gasteiger charge is 2.34. The van der Waals surface area contributed by atoms with Gasteiger partial charge < -0.3 is 5.32 Å². The molecule has 4 atom stereocenters. The molecule has 2 saturated carbocycles. The van der Waals surface area contributed by atoms with Crippen molar-refractivity contribution in [2.24, 2.45) is 17.8 Å². The van der Waals surface area contributed by atoms with Crippen LogP contribution in [0, 0.1) is 17.8 Å². The van der Waals surface area contributed by atoms with Crippen molar-refractivity contribution in [3.63, 3.8) is 0 Å². The van der Waals surface area contributed by atoms with E-state index in [0.717, 1.165) is 23.8 Å². The molecule has 0 spiro atoms. The van der Waals surface area contributed by atoms with Crippen molar-refractivity contribution in [3.05, 3.63) is 12.7 Å². The van der Waals surface area contributed by atoms with Gasteiger partial charge >= 0.3 is 0 Å². The molecule has 110 valence electrons. The number of hydrogen-bond acceptors (Lipinski definition) is 1. The molecule has 1 heteroatoms. The predicted molar refractivity (Wildman–Crippen MR) is 84.3 cm³/mol. The molecule has 2 fully saturated rings. The molecule has 2 aliphatic rings. The summed E-state index contributed by atoms with van der Waals surface area (Å²) in [6.45, 7) is 7.36. The molecule has 1 nitrogen and oxygen atoms in total. The summed E-state index contributed by atoms with van der Waals surface area (Å²) in [5.41, 5.74) is 0. The van der Waals surface area contributed by atoms with Crippen molar-refractivity contribution in [2.45, 2.75) is 77.2 Å². The molecule has 1 N–H and O–H groups in total. The van der Waals surface area contributed by atoms with Gasteiger partial charge in [0.15, 0.2) is 0 Å². The predicted octanol–water partition coefficient (Wildman–Crippen LogP) is 4.93. The summed E-state index contributed by atoms with van der Waals surface area (Å²) in [5.74, 6) is 3.07. The Morgan fingerprint density at radius 1 is 1.16 bits per heavy atom. The summed E-state index contributed by atoms with van der Waals surface area (Å²) in [7, 11) is 0. The Hall–Kier alpha value is -0.300. The lowest BCUT2D eigenvalue weighted by molar-refractivity contribution is 0.107. The average Bonchev–Trinajstić information content (AvgIpc) is 2.47. The summed E-state index contributed by atoms with van der Waals surface area (Å²) in [5, 5.41) is 3.82. The molecular weight excluding hydrogens is 230 g/mol. The fourth-order valence-electron chi connectivity index (χ4n) is 4.41. The fourth-order valence-corrected chi connectivity index (χ4v) is 4.41. The van der Waals surface area contributed by atoms with Gasteiger partial charge in [-0.05, 0) is 62.8 Å². The van der Waals surface area contributed by atoms with E-state index in [1.807, 2.05) is 0 Å². The minimum absolute atomic E-state index is 0.751. The Kier molecular flexibility index (Phi) is 6.43. The maximum Gasteiger partial charge on any atom is 0.00983 e. The van der Waals surface area contributed by atoms with Crippen LogP contribution in [0.1, 0.15) is 71.1 Å². The van der Waals surface area contributed by atoms with Crippen LogP contribution in [0.15, 0.2) is 12.7 Å². The lowest BCUT2D eigenvalue weighted by Crippen LogP contribution is -2.41. The Labute approximate surface area is 120 Å². The maximum atomic E-state index is 3.90. The van der Waals surface area contributed by atoms with E-state index in [0.29, 0.717) is 0 Å². The molecule has 2 rings (SSSR count). The Bertz CT molecular complexity index is 260. The van der Waals surface area contributed by atoms with Crippen molar-refractivity contribution in [1.82, 2.24) is 5.32 Å². The van der Waals surface area contributed by atoms with Crippen LogP contribution in [0.3, 0.4) is 0 Å². The van der Waals surface area contributed by atoms with Crippen LogP contribution >= 0.6 is 0 Å². The highest BCUT2D eigenvalue weighted by molar-refractivity contribution is 4.89. The Balaban J connectivity index is 1.87. The van der Waals surface area contributed by atoms with E-state index < -0.39 is 0 Å². The van der Waals surface area contributed by atoms with Crippen LogP contribution in [-0.4, -0.2) is 12.6 Å². The first kappa shape index (κ1) is 15.1. The molecule has 0 bridgehead atoms. The molecule has 0 aliphatic heterocycles. The van der Waals surface area contributed by atoms with Gasteiger partial charge in [-0.2, -0.15) is 0 Å². The third kappa shape index (κ3) is 4.34. The van der Waals surface area contributed by atoms with E-state index in [4.69, 9.17) is 0 Å². The van der Waals surface area contributed by atoms with Gasteiger partial charge in [0.2, 0.25) is 0 Å². The van der Waals surface area contributed by atoms with Crippen molar-refractivity contribution >= 4 is 0 Å². The van der Waals surface area contributed by atoms with Gasteiger partial charge in [-0.25, -0.2) is 0 Å². The zero-order chi connectivity index (χ0) is 13.5. The summed E-state index contributed by atoms with van der Waals surface area (Å²) in [6, 6.07) is 0.751. The number of nitrogens with one attached hydrogen (secondary N) is 1. The molecular formula is C18H33N. The minimum atomic E-state index is 0.751. The second-order valence-corrected chi connectivity index (χ2v) is 6.80. The minimum Gasteiger partial charge on any atom is -0.314 e. The number of allylic oxidation sites excluding steroid dienone is 1. The Morgan fingerprint density at radius 3 is 2.68 bits per heavy atom. The van der Waals surface area contributed by atoms with E-state index in [-0.39, 0.29) is 0 Å². The van der Waals surface area contributed by atoms with E-state index in [2.05, 4.69) is 24.9 Å². The van der Waals surface area contributed by atoms with Crippen molar-refractivity contribution < 1.29 is 0 Å². The summed E-state index contributed by atoms with van der Waals surface area (Å²) < 4.78 is 0. The smallest absolute Gasteiger partial charge is 0.00983 e. The molecule has 0 saturated heterocycles. The highest BCUT2D eigenvalue weighted by atomic mass is 14.9. The maximum absolute atomic E-state index is 3.90. The molecule has 0 amide bonds. The molecule has 0 aromatic heterocycles. The summed E-state index contributed by atoms with van der Waals surface area (Å²) in [6.07, 6.45) is 16.3. The van der Waals surface area contributed by atoms with Gasteiger partial charge in [0.25, 0.3) is 0 Å². The lowest BCUT2D eigenvalue weighted by atomic mass is 9.65. The van der Waals surface area contributed by atoms with E-state index >= 15 is 0 Å². The number of fused-ring (bicyclic) bond motifs is 1. The monoisotopic (exact) mass is 263 g/mol. The summed E-state index contributed by atoms with van der Waals surface area (Å²) in [4.78, 5) is 0. The van der Waals surface area contributed by atoms with Crippen LogP contribution in [0.2, 0.25) is 0 Å². The van der Waals surface area contributed by atoms with Crippen LogP contribution in [-0.2, 0) is 0 Å². The topological polar surface area (TPSA) is 12.0 Å². The second kappa shape index (κ2) is 8.09. The quantitative estimate of drug-likeness (QED) is 0.642. The van der Waals surface area contributed by atoms with Crippen molar-refractivity contribution in [2.75, 3.05) is 6.54 Å². The summed E-state index contributed by atoms with van der Waals surface area (Å²) >= 11 is 0. The molecule has 0 radical (unpaired) electrons. The molecule has 0 aromatic rings. The van der Waals surface area contributed by atoms with Gasteiger partial charge in [0.05, 0.1) is 0 Å². The standard InChI is InChI=1S/C18H33N/c1-3-5-10-18(19-13-4-2)17-12-11-15-8-6-7-9-16(15)14-17/h3,15-19H,1,4-14H2,2H3. The van der Waals surface area contributed by atoms with Gasteiger partial charge in [-0.1, -0.05) is 38.7 Å². The lowest BCUT2D eigenvalue weighted by Gasteiger charge is -2.42. The normalized spacial score (nSPS) is 32.6. The first-order valence-electron chi connectivity index (χ1n) is 8.69. The molecule has 19 heavy (non-hydrogen) atoms. The Morgan fingerprint density at radius 2 is 1.95 bits per heavy atom. The average molecular weight is 263 g/mol. The van der Waals surface area contributed by atoms with Crippen LogP contribution < -0.4 is 5.32 Å². The van der Waals surface area contributed by atoms with Gasteiger partial charge in [0, 0.05) is 6.04 Å². The van der Waals surface area contributed by atoms with E-state index in [1.54, 1.807) is 0 Å². The SMILES string of the molecule is C=CCCC(NCCC)C1CCC2CCCCC2C1. The van der Waals surface area contributed by atoms with Crippen molar-refractivity contribution in [1.29, 1.82) is 0 Å². The van der Waals surface area contributed by atoms with Gasteiger partial charge in [-0.15, -0.1) is 6.58 Å². The zero-order valence-corrected chi connectivity index (χ0v) is 12.9. The molecule has 4 unspecified atom stereocenters. The first-order valence-corrected chi connectivity index (χ1v) is 8.69. The van der Waals surface area contributed by atoms with E-state index in [9.17, 15) is 0 Å². The largest absolute Gasteiger partial charge is 0.314 e. The van der Waals surface area contributed by atoms with Crippen LogP contribution in [0.5, 0.6) is 0 Å². The third-order valence-corrected chi connectivity index (χ3v) is 5.49. The van der Waals surface area contributed by atoms with Gasteiger partial charge in [-0.3, -0.25) is 0 Å². The molecule has 0 aromatic carbocycles. The highest BCUT2D eigenvalue weighted by Crippen LogP contribution is 2.44. The molecule has 0 heterocycles. The number of rotatable bonds is 7. The zero-order valence-electron chi connectivity index (χ0n) is 12.9. The number of hydrogen-bond donors (Lipinski definition) is 1. The molecule has 2 aliphatic carbocycles.